The van der Waals surface area contributed by atoms with Crippen molar-refractivity contribution in [2.75, 3.05) is 5.32 Å². The van der Waals surface area contributed by atoms with Crippen LogP contribution >= 0.6 is 27.5 Å². The van der Waals surface area contributed by atoms with Crippen molar-refractivity contribution in [1.82, 2.24) is 9.97 Å². The molecule has 0 aliphatic rings. The van der Waals surface area contributed by atoms with E-state index in [1.54, 1.807) is 0 Å². The molecule has 1 heterocycles. The van der Waals surface area contributed by atoms with E-state index in [4.69, 9.17) is 11.6 Å². The first kappa shape index (κ1) is 12.5. The van der Waals surface area contributed by atoms with Crippen LogP contribution in [0.1, 0.15) is 5.56 Å². The van der Waals surface area contributed by atoms with E-state index in [1.165, 1.54) is 0 Å². The number of halogens is 2. The third-order valence-corrected chi connectivity index (χ3v) is 3.78. The number of nitrogens with zero attached hydrogens (tertiary/aromatic N) is 1. The highest BCUT2D eigenvalue weighted by molar-refractivity contribution is 9.10. The first-order chi connectivity index (χ1) is 9.11. The molecule has 3 aromatic rings. The summed E-state index contributed by atoms with van der Waals surface area (Å²) in [4.78, 5) is 7.69. The normalized spacial score (nSPS) is 10.9. The number of fused-ring (bicyclic) bond motifs is 1. The molecule has 0 saturated carbocycles. The van der Waals surface area contributed by atoms with Gasteiger partial charge in [0.25, 0.3) is 0 Å². The fourth-order valence-corrected chi connectivity index (χ4v) is 2.39. The number of aromatic nitrogens is 2. The zero-order chi connectivity index (χ0) is 13.4. The van der Waals surface area contributed by atoms with Crippen LogP contribution in [-0.2, 0) is 0 Å². The van der Waals surface area contributed by atoms with Gasteiger partial charge in [-0.05, 0) is 42.8 Å². The summed E-state index contributed by atoms with van der Waals surface area (Å²) in [6.45, 7) is 1.98. The van der Waals surface area contributed by atoms with Gasteiger partial charge in [0.15, 0.2) is 0 Å². The highest BCUT2D eigenvalue weighted by atomic mass is 79.9. The van der Waals surface area contributed by atoms with Crippen LogP contribution in [0.3, 0.4) is 0 Å². The SMILES string of the molecule is Cc1ccc(Nc2nc3ccc(Br)cc3[nH]2)cc1Cl. The minimum absolute atomic E-state index is 0.702. The molecule has 2 aromatic carbocycles. The Morgan fingerprint density at radius 2 is 2.05 bits per heavy atom. The van der Waals surface area contributed by atoms with Gasteiger partial charge in [0.2, 0.25) is 5.95 Å². The molecule has 0 radical (unpaired) electrons. The van der Waals surface area contributed by atoms with Gasteiger partial charge in [-0.15, -0.1) is 0 Å². The van der Waals surface area contributed by atoms with Gasteiger partial charge < -0.3 is 10.3 Å². The van der Waals surface area contributed by atoms with E-state index in [0.29, 0.717) is 5.95 Å². The maximum Gasteiger partial charge on any atom is 0.205 e. The molecule has 0 unspecified atom stereocenters. The Labute approximate surface area is 124 Å². The molecule has 0 amide bonds. The quantitative estimate of drug-likeness (QED) is 0.689. The molecule has 0 atom stereocenters. The first-order valence-electron chi connectivity index (χ1n) is 5.80. The summed E-state index contributed by atoms with van der Waals surface area (Å²) in [6, 6.07) is 11.8. The number of aromatic amines is 1. The molecule has 3 rings (SSSR count). The van der Waals surface area contributed by atoms with Gasteiger partial charge in [-0.2, -0.15) is 0 Å². The van der Waals surface area contributed by atoms with E-state index in [0.717, 1.165) is 31.8 Å². The third-order valence-electron chi connectivity index (χ3n) is 2.88. The Kier molecular flexibility index (Phi) is 3.21. The minimum atomic E-state index is 0.702. The highest BCUT2D eigenvalue weighted by Crippen LogP contribution is 2.24. The van der Waals surface area contributed by atoms with Crippen molar-refractivity contribution in [3.8, 4) is 0 Å². The summed E-state index contributed by atoms with van der Waals surface area (Å²) in [5.74, 6) is 0.702. The average Bonchev–Trinajstić information content (AvgIpc) is 2.75. The van der Waals surface area contributed by atoms with Crippen LogP contribution in [0.15, 0.2) is 40.9 Å². The van der Waals surface area contributed by atoms with Gasteiger partial charge in [-0.1, -0.05) is 33.6 Å². The third kappa shape index (κ3) is 2.60. The maximum atomic E-state index is 6.10. The van der Waals surface area contributed by atoms with Crippen LogP contribution in [0.2, 0.25) is 5.02 Å². The lowest BCUT2D eigenvalue weighted by molar-refractivity contribution is 1.31. The molecular weight excluding hydrogens is 326 g/mol. The van der Waals surface area contributed by atoms with Crippen molar-refractivity contribution in [2.45, 2.75) is 6.92 Å². The van der Waals surface area contributed by atoms with E-state index in [2.05, 4.69) is 31.2 Å². The van der Waals surface area contributed by atoms with Gasteiger partial charge >= 0.3 is 0 Å². The van der Waals surface area contributed by atoms with Crippen LogP contribution in [0.25, 0.3) is 11.0 Å². The highest BCUT2D eigenvalue weighted by Gasteiger charge is 2.04. The van der Waals surface area contributed by atoms with E-state index in [9.17, 15) is 0 Å². The van der Waals surface area contributed by atoms with Crippen molar-refractivity contribution in [1.29, 1.82) is 0 Å². The number of imidazole rings is 1. The van der Waals surface area contributed by atoms with E-state index >= 15 is 0 Å². The summed E-state index contributed by atoms with van der Waals surface area (Å²) in [6.07, 6.45) is 0. The molecular formula is C14H11BrClN3. The Balaban J connectivity index is 1.94. The average molecular weight is 337 g/mol. The Morgan fingerprint density at radius 3 is 2.84 bits per heavy atom. The molecule has 19 heavy (non-hydrogen) atoms. The monoisotopic (exact) mass is 335 g/mol. The number of hydrogen-bond donors (Lipinski definition) is 2. The minimum Gasteiger partial charge on any atom is -0.326 e. The molecule has 0 aliphatic heterocycles. The zero-order valence-corrected chi connectivity index (χ0v) is 12.5. The van der Waals surface area contributed by atoms with E-state index in [1.807, 2.05) is 43.3 Å². The fraction of sp³-hybridized carbons (Fsp3) is 0.0714. The van der Waals surface area contributed by atoms with Crippen molar-refractivity contribution < 1.29 is 0 Å². The summed E-state index contributed by atoms with van der Waals surface area (Å²) in [7, 11) is 0. The van der Waals surface area contributed by atoms with E-state index < -0.39 is 0 Å². The Morgan fingerprint density at radius 1 is 1.21 bits per heavy atom. The molecule has 1 aromatic heterocycles. The van der Waals surface area contributed by atoms with Crippen LogP contribution in [0.4, 0.5) is 11.6 Å². The lowest BCUT2D eigenvalue weighted by Crippen LogP contribution is -1.92. The van der Waals surface area contributed by atoms with Crippen molar-refractivity contribution in [3.05, 3.63) is 51.5 Å². The topological polar surface area (TPSA) is 40.7 Å². The molecule has 0 bridgehead atoms. The van der Waals surface area contributed by atoms with Crippen LogP contribution < -0.4 is 5.32 Å². The number of aryl methyl sites for hydroxylation is 1. The number of rotatable bonds is 2. The number of hydrogen-bond acceptors (Lipinski definition) is 2. The predicted octanol–water partition coefficient (Wildman–Crippen LogP) is 5.03. The first-order valence-corrected chi connectivity index (χ1v) is 6.97. The summed E-state index contributed by atoms with van der Waals surface area (Å²) < 4.78 is 1.02. The number of nitrogens with one attached hydrogen (secondary N) is 2. The van der Waals surface area contributed by atoms with Gasteiger partial charge in [-0.3, -0.25) is 0 Å². The Bertz CT molecular complexity index is 752. The molecule has 0 aliphatic carbocycles. The second kappa shape index (κ2) is 4.87. The molecule has 3 nitrogen and oxygen atoms in total. The number of H-pyrrole nitrogens is 1. The van der Waals surface area contributed by atoms with Crippen LogP contribution in [-0.4, -0.2) is 9.97 Å². The van der Waals surface area contributed by atoms with Crippen molar-refractivity contribution in [3.63, 3.8) is 0 Å². The molecule has 5 heteroatoms. The summed E-state index contributed by atoms with van der Waals surface area (Å²) >= 11 is 9.54. The van der Waals surface area contributed by atoms with Crippen LogP contribution in [0.5, 0.6) is 0 Å². The summed E-state index contributed by atoms with van der Waals surface area (Å²) in [5.41, 5.74) is 3.87. The second-order valence-electron chi connectivity index (χ2n) is 4.34. The lowest BCUT2D eigenvalue weighted by atomic mass is 10.2. The molecule has 96 valence electrons. The van der Waals surface area contributed by atoms with Crippen molar-refractivity contribution >= 4 is 50.2 Å². The molecule has 0 fully saturated rings. The van der Waals surface area contributed by atoms with E-state index in [-0.39, 0.29) is 0 Å². The lowest BCUT2D eigenvalue weighted by Gasteiger charge is -2.04. The zero-order valence-electron chi connectivity index (χ0n) is 10.2. The van der Waals surface area contributed by atoms with Crippen molar-refractivity contribution in [2.24, 2.45) is 0 Å². The standard InChI is InChI=1S/C14H11BrClN3/c1-8-2-4-10(7-11(8)16)17-14-18-12-5-3-9(15)6-13(12)19-14/h2-7H,1H3,(H2,17,18,19). The fourth-order valence-electron chi connectivity index (χ4n) is 1.85. The molecule has 0 spiro atoms. The van der Waals surface area contributed by atoms with Gasteiger partial charge in [0.05, 0.1) is 11.0 Å². The predicted molar refractivity (Wildman–Crippen MR) is 83.3 cm³/mol. The second-order valence-corrected chi connectivity index (χ2v) is 5.66. The van der Waals surface area contributed by atoms with Gasteiger partial charge in [-0.25, -0.2) is 4.98 Å². The van der Waals surface area contributed by atoms with Crippen LogP contribution in [0, 0.1) is 6.92 Å². The largest absolute Gasteiger partial charge is 0.326 e. The number of benzene rings is 2. The molecule has 0 saturated heterocycles. The smallest absolute Gasteiger partial charge is 0.205 e. The Hall–Kier alpha value is -1.52. The van der Waals surface area contributed by atoms with Gasteiger partial charge in [0, 0.05) is 15.2 Å². The maximum absolute atomic E-state index is 6.10. The number of anilines is 2. The molecule has 2 N–H and O–H groups in total. The summed E-state index contributed by atoms with van der Waals surface area (Å²) in [5, 5.41) is 3.95. The van der Waals surface area contributed by atoms with Gasteiger partial charge in [0.1, 0.15) is 0 Å².